The van der Waals surface area contributed by atoms with Gasteiger partial charge in [-0.05, 0) is 12.1 Å². The summed E-state index contributed by atoms with van der Waals surface area (Å²) in [6.45, 7) is 0.971. The predicted octanol–water partition coefficient (Wildman–Crippen LogP) is 2.51. The number of nitrogens with one attached hydrogen (secondary N) is 1. The van der Waals surface area contributed by atoms with E-state index >= 15 is 0 Å². The maximum Gasteiger partial charge on any atom is 0.417 e. The first-order valence-corrected chi connectivity index (χ1v) is 8.63. The number of hydrogen-bond donors (Lipinski definition) is 1. The molecule has 3 rings (SSSR count). The third kappa shape index (κ3) is 4.06. The number of alkyl halides is 3. The number of nitrogens with zero attached hydrogens (tertiary/aromatic N) is 4. The van der Waals surface area contributed by atoms with Gasteiger partial charge in [-0.1, -0.05) is 0 Å². The second kappa shape index (κ2) is 7.32. The van der Waals surface area contributed by atoms with Crippen molar-refractivity contribution in [2.45, 2.75) is 18.5 Å². The number of nitriles is 1. The van der Waals surface area contributed by atoms with E-state index in [9.17, 15) is 28.0 Å². The van der Waals surface area contributed by atoms with Crippen LogP contribution in [0.4, 0.5) is 23.1 Å². The first-order chi connectivity index (χ1) is 12.8. The molecule has 1 N–H and O–H groups in total. The Kier molecular flexibility index (Phi) is 5.09. The van der Waals surface area contributed by atoms with E-state index < -0.39 is 23.4 Å². The van der Waals surface area contributed by atoms with Crippen LogP contribution < -0.4 is 10.2 Å². The molecule has 11 heteroatoms. The summed E-state index contributed by atoms with van der Waals surface area (Å²) in [7, 11) is 0. The molecule has 140 valence electrons. The summed E-state index contributed by atoms with van der Waals surface area (Å²) in [5, 5.41) is 13.9. The third-order valence-corrected chi connectivity index (χ3v) is 4.76. The molecular weight excluding hydrogens is 383 g/mol. The van der Waals surface area contributed by atoms with Gasteiger partial charge >= 0.3 is 12.2 Å². The largest absolute Gasteiger partial charge is 0.417 e. The maximum atomic E-state index is 12.6. The van der Waals surface area contributed by atoms with Crippen LogP contribution in [0, 0.1) is 11.3 Å². The third-order valence-electron chi connectivity index (χ3n) is 3.84. The Hall–Kier alpha value is -3.00. The van der Waals surface area contributed by atoms with Crippen molar-refractivity contribution in [1.82, 2.24) is 15.3 Å². The Morgan fingerprint density at radius 3 is 2.78 bits per heavy atom. The predicted molar refractivity (Wildman–Crippen MR) is 89.2 cm³/mol. The molecule has 1 saturated heterocycles. The Morgan fingerprint density at radius 1 is 1.44 bits per heavy atom. The molecule has 1 aliphatic heterocycles. The zero-order valence-electron chi connectivity index (χ0n) is 13.7. The lowest BCUT2D eigenvalue weighted by molar-refractivity contribution is -0.137. The van der Waals surface area contributed by atoms with Gasteiger partial charge in [0.1, 0.15) is 5.92 Å². The number of ketones is 1. The number of anilines is 1. The van der Waals surface area contributed by atoms with Gasteiger partial charge in [0, 0.05) is 24.7 Å². The maximum absolute atomic E-state index is 12.6. The van der Waals surface area contributed by atoms with E-state index in [0.29, 0.717) is 30.1 Å². The normalized spacial score (nSPS) is 15.3. The van der Waals surface area contributed by atoms with Crippen molar-refractivity contribution in [2.24, 2.45) is 0 Å². The van der Waals surface area contributed by atoms with Crippen LogP contribution in [0.1, 0.15) is 22.9 Å². The van der Waals surface area contributed by atoms with Crippen LogP contribution in [0.25, 0.3) is 0 Å². The molecule has 2 aromatic rings. The number of hydrogen-bond acceptors (Lipinski definition) is 6. The summed E-state index contributed by atoms with van der Waals surface area (Å²) in [6, 6.07) is 3.31. The number of amides is 2. The summed E-state index contributed by atoms with van der Waals surface area (Å²) < 4.78 is 37.8. The zero-order chi connectivity index (χ0) is 19.6. The average molecular weight is 395 g/mol. The number of pyridine rings is 1. The molecule has 0 bridgehead atoms. The fraction of sp³-hybridized carbons (Fsp3) is 0.312. The number of carbonyl (C=O) groups excluding carboxylic acids is 2. The molecule has 0 unspecified atom stereocenters. The molecular formula is C16H12F3N5O2S. The number of thiazole rings is 1. The molecule has 0 radical (unpaired) electrons. The van der Waals surface area contributed by atoms with Crippen molar-refractivity contribution in [2.75, 3.05) is 18.0 Å². The fourth-order valence-corrected chi connectivity index (χ4v) is 3.33. The van der Waals surface area contributed by atoms with Crippen LogP contribution in [-0.4, -0.2) is 34.9 Å². The van der Waals surface area contributed by atoms with Gasteiger partial charge in [0.25, 0.3) is 0 Å². The van der Waals surface area contributed by atoms with Crippen molar-refractivity contribution in [3.05, 3.63) is 40.7 Å². The number of aromatic nitrogens is 2. The number of halogens is 3. The highest BCUT2D eigenvalue weighted by Gasteiger charge is 2.32. The molecule has 1 aliphatic rings. The lowest BCUT2D eigenvalue weighted by Gasteiger charge is -2.10. The van der Waals surface area contributed by atoms with Gasteiger partial charge in [-0.3, -0.25) is 14.7 Å². The second-order valence-corrected chi connectivity index (χ2v) is 6.52. The van der Waals surface area contributed by atoms with Gasteiger partial charge in [-0.15, -0.1) is 11.3 Å². The van der Waals surface area contributed by atoms with Gasteiger partial charge in [-0.2, -0.15) is 18.4 Å². The van der Waals surface area contributed by atoms with Crippen LogP contribution in [0.5, 0.6) is 0 Å². The molecule has 2 aromatic heterocycles. The highest BCUT2D eigenvalue weighted by atomic mass is 32.1. The average Bonchev–Trinajstić information content (AvgIpc) is 3.24. The van der Waals surface area contributed by atoms with Crippen LogP contribution in [-0.2, 0) is 17.4 Å². The van der Waals surface area contributed by atoms with Crippen molar-refractivity contribution >= 4 is 28.3 Å². The van der Waals surface area contributed by atoms with E-state index in [-0.39, 0.29) is 18.1 Å². The van der Waals surface area contributed by atoms with E-state index in [1.807, 2.05) is 0 Å². The van der Waals surface area contributed by atoms with Gasteiger partial charge < -0.3 is 5.32 Å². The van der Waals surface area contributed by atoms with Gasteiger partial charge in [-0.25, -0.2) is 9.78 Å². The Labute approximate surface area is 155 Å². The molecule has 1 fully saturated rings. The standard InChI is InChI=1S/C16H12F3N5O2S/c17-16(18,19)9-1-2-12(22-7-9)11(6-20)13(25)5-10-8-27-15(23-10)24-4-3-21-14(24)26/h1-2,7-8,11H,3-5H2,(H,21,26)/t11-/m0/s1. The van der Waals surface area contributed by atoms with Crippen molar-refractivity contribution in [3.8, 4) is 6.07 Å². The van der Waals surface area contributed by atoms with E-state index in [2.05, 4.69) is 15.3 Å². The first kappa shape index (κ1) is 18.8. The Morgan fingerprint density at radius 2 is 2.22 bits per heavy atom. The SMILES string of the molecule is N#C[C@H](C(=O)Cc1csc(N2CCNC2=O)n1)c1ccc(C(F)(F)F)cn1. The Bertz CT molecular complexity index is 904. The van der Waals surface area contributed by atoms with E-state index in [0.717, 1.165) is 12.1 Å². The van der Waals surface area contributed by atoms with Crippen LogP contribution >= 0.6 is 11.3 Å². The molecule has 1 atom stereocenters. The summed E-state index contributed by atoms with van der Waals surface area (Å²) in [6.07, 6.45) is -4.14. The number of carbonyl (C=O) groups is 2. The number of urea groups is 1. The number of Topliss-reactive ketones (excluding diaryl/α,β-unsaturated/α-hetero) is 1. The van der Waals surface area contributed by atoms with Gasteiger partial charge in [0.2, 0.25) is 0 Å². The second-order valence-electron chi connectivity index (χ2n) is 5.68. The smallest absolute Gasteiger partial charge is 0.336 e. The minimum atomic E-state index is -4.55. The molecule has 27 heavy (non-hydrogen) atoms. The zero-order valence-corrected chi connectivity index (χ0v) is 14.5. The van der Waals surface area contributed by atoms with Crippen LogP contribution in [0.3, 0.4) is 0 Å². The lowest BCUT2D eigenvalue weighted by Crippen LogP contribution is -2.27. The van der Waals surface area contributed by atoms with Crippen LogP contribution in [0.2, 0.25) is 0 Å². The molecule has 0 saturated carbocycles. The minimum Gasteiger partial charge on any atom is -0.336 e. The fourth-order valence-electron chi connectivity index (χ4n) is 2.48. The molecule has 2 amide bonds. The molecule has 7 nitrogen and oxygen atoms in total. The first-order valence-electron chi connectivity index (χ1n) is 7.75. The van der Waals surface area contributed by atoms with Crippen molar-refractivity contribution in [3.63, 3.8) is 0 Å². The summed E-state index contributed by atoms with van der Waals surface area (Å²) >= 11 is 1.19. The molecule has 0 spiro atoms. The lowest BCUT2D eigenvalue weighted by atomic mass is 9.97. The van der Waals surface area contributed by atoms with E-state index in [4.69, 9.17) is 0 Å². The summed E-state index contributed by atoms with van der Waals surface area (Å²) in [5.74, 6) is -1.83. The summed E-state index contributed by atoms with van der Waals surface area (Å²) in [4.78, 5) is 33.3. The highest BCUT2D eigenvalue weighted by Crippen LogP contribution is 2.29. The van der Waals surface area contributed by atoms with E-state index in [1.165, 1.54) is 16.2 Å². The van der Waals surface area contributed by atoms with Gasteiger partial charge in [0.15, 0.2) is 10.9 Å². The molecule has 0 aliphatic carbocycles. The van der Waals surface area contributed by atoms with Crippen LogP contribution in [0.15, 0.2) is 23.7 Å². The van der Waals surface area contributed by atoms with Crippen molar-refractivity contribution < 1.29 is 22.8 Å². The number of rotatable bonds is 5. The quantitative estimate of drug-likeness (QED) is 0.839. The van der Waals surface area contributed by atoms with E-state index in [1.54, 1.807) is 11.4 Å². The Balaban J connectivity index is 1.72. The minimum absolute atomic E-state index is 0.0510. The topological polar surface area (TPSA) is 99.0 Å². The summed E-state index contributed by atoms with van der Waals surface area (Å²) in [5.41, 5.74) is -0.625. The highest BCUT2D eigenvalue weighted by molar-refractivity contribution is 7.14. The van der Waals surface area contributed by atoms with Gasteiger partial charge in [0.05, 0.1) is 29.4 Å². The molecule has 0 aromatic carbocycles. The van der Waals surface area contributed by atoms with Crippen molar-refractivity contribution in [1.29, 1.82) is 5.26 Å². The molecule has 3 heterocycles. The monoisotopic (exact) mass is 395 g/mol.